The van der Waals surface area contributed by atoms with E-state index in [1.165, 1.54) is 0 Å². The molecule has 1 aromatic heterocycles. The summed E-state index contributed by atoms with van der Waals surface area (Å²) >= 11 is 4.42. The molecule has 1 saturated carbocycles. The van der Waals surface area contributed by atoms with Gasteiger partial charge in [-0.15, -0.1) is 0 Å². The lowest BCUT2D eigenvalue weighted by molar-refractivity contribution is -0.125. The van der Waals surface area contributed by atoms with Crippen LogP contribution in [0.2, 0.25) is 0 Å². The topological polar surface area (TPSA) is 93.5 Å². The highest BCUT2D eigenvalue weighted by Crippen LogP contribution is 2.42. The van der Waals surface area contributed by atoms with Crippen molar-refractivity contribution in [2.45, 2.75) is 65.5 Å². The van der Waals surface area contributed by atoms with E-state index in [1.54, 1.807) is 12.1 Å². The fourth-order valence-corrected chi connectivity index (χ4v) is 5.18. The van der Waals surface area contributed by atoms with E-state index < -0.39 is 5.97 Å². The van der Waals surface area contributed by atoms with E-state index in [9.17, 15) is 14.7 Å². The maximum Gasteiger partial charge on any atom is 0.336 e. The van der Waals surface area contributed by atoms with E-state index in [0.29, 0.717) is 48.9 Å². The van der Waals surface area contributed by atoms with Crippen LogP contribution in [0.1, 0.15) is 79.7 Å². The van der Waals surface area contributed by atoms with Crippen molar-refractivity contribution in [3.8, 4) is 17.1 Å². The molecule has 2 N–H and O–H groups in total. The number of ether oxygens (including phenoxy) is 1. The van der Waals surface area contributed by atoms with Crippen molar-refractivity contribution in [1.82, 2.24) is 14.9 Å². The Morgan fingerprint density at radius 3 is 2.49 bits per heavy atom. The van der Waals surface area contributed by atoms with Crippen LogP contribution in [0.25, 0.3) is 11.1 Å². The van der Waals surface area contributed by atoms with Gasteiger partial charge in [0.1, 0.15) is 0 Å². The second kappa shape index (κ2) is 13.2. The lowest BCUT2D eigenvalue weighted by atomic mass is 9.98. The van der Waals surface area contributed by atoms with Crippen LogP contribution < -0.4 is 10.1 Å². The zero-order chi connectivity index (χ0) is 27.9. The monoisotopic (exact) mass is 549 g/mol. The van der Waals surface area contributed by atoms with E-state index in [-0.39, 0.29) is 17.4 Å². The van der Waals surface area contributed by atoms with Gasteiger partial charge in [0.25, 0.3) is 6.01 Å². The van der Waals surface area contributed by atoms with Gasteiger partial charge in [-0.2, -0.15) is 17.6 Å². The Hall–Kier alpha value is -3.26. The molecule has 208 valence electrons. The average Bonchev–Trinajstić information content (AvgIpc) is 3.72. The number of nitrogens with one attached hydrogen (secondary N) is 1. The number of carbonyl (C=O) groups is 2. The quantitative estimate of drug-likeness (QED) is 0.209. The second-order valence-corrected chi connectivity index (χ2v) is 11.1. The van der Waals surface area contributed by atoms with Gasteiger partial charge >= 0.3 is 5.97 Å². The number of amides is 1. The molecule has 0 spiro atoms. The van der Waals surface area contributed by atoms with Crippen molar-refractivity contribution in [3.63, 3.8) is 0 Å². The summed E-state index contributed by atoms with van der Waals surface area (Å²) in [4.78, 5) is 29.6. The molecule has 39 heavy (non-hydrogen) atoms. The van der Waals surface area contributed by atoms with E-state index in [0.717, 1.165) is 48.2 Å². The van der Waals surface area contributed by atoms with Crippen LogP contribution >= 0.6 is 12.6 Å². The maximum absolute atomic E-state index is 13.0. The second-order valence-electron chi connectivity index (χ2n) is 10.7. The van der Waals surface area contributed by atoms with Crippen LogP contribution in [0.4, 0.5) is 0 Å². The number of hydrogen-bond acceptors (Lipinski definition) is 5. The summed E-state index contributed by atoms with van der Waals surface area (Å²) in [6.45, 7) is 7.79. The summed E-state index contributed by atoms with van der Waals surface area (Å²) in [6, 6.07) is 15.5. The first kappa shape index (κ1) is 28.7. The minimum Gasteiger partial charge on any atom is -0.478 e. The molecule has 1 aliphatic carbocycles. The van der Waals surface area contributed by atoms with E-state index in [2.05, 4.69) is 43.3 Å². The van der Waals surface area contributed by atoms with Crippen LogP contribution in [0.15, 0.2) is 48.5 Å². The van der Waals surface area contributed by atoms with E-state index >= 15 is 0 Å². The molecule has 4 rings (SSSR count). The Kier molecular flexibility index (Phi) is 9.73. The van der Waals surface area contributed by atoms with Crippen LogP contribution in [0, 0.1) is 11.8 Å². The Labute approximate surface area is 236 Å². The van der Waals surface area contributed by atoms with Gasteiger partial charge in [-0.05, 0) is 54.4 Å². The number of carboxylic acids is 1. The predicted octanol–water partition coefficient (Wildman–Crippen LogP) is 6.17. The Morgan fingerprint density at radius 2 is 1.87 bits per heavy atom. The van der Waals surface area contributed by atoms with Crippen molar-refractivity contribution in [3.05, 3.63) is 71.0 Å². The van der Waals surface area contributed by atoms with Gasteiger partial charge < -0.3 is 15.2 Å². The number of hydrogen-bond donors (Lipinski definition) is 3. The molecule has 0 bridgehead atoms. The summed E-state index contributed by atoms with van der Waals surface area (Å²) in [6.07, 6.45) is 3.85. The minimum atomic E-state index is -0.946. The third-order valence-electron chi connectivity index (χ3n) is 7.01. The molecule has 1 heterocycles. The molecule has 3 aromatic rings. The molecule has 7 nitrogen and oxygen atoms in total. The molecule has 0 aliphatic heterocycles. The number of aromatic carboxylic acids is 1. The highest BCUT2D eigenvalue weighted by molar-refractivity contribution is 7.80. The number of carboxylic acid groups (broad SMARTS) is 1. The molecule has 0 saturated heterocycles. The van der Waals surface area contributed by atoms with Crippen LogP contribution in [0.3, 0.4) is 0 Å². The fraction of sp³-hybridized carbons (Fsp3) is 0.452. The minimum absolute atomic E-state index is 0.0191. The van der Waals surface area contributed by atoms with Gasteiger partial charge in [0.15, 0.2) is 0 Å². The third kappa shape index (κ3) is 7.24. The van der Waals surface area contributed by atoms with Crippen molar-refractivity contribution in [2.24, 2.45) is 11.8 Å². The summed E-state index contributed by atoms with van der Waals surface area (Å²) in [7, 11) is 0. The fourth-order valence-electron chi connectivity index (χ4n) is 4.86. The van der Waals surface area contributed by atoms with Crippen LogP contribution in [-0.2, 0) is 17.9 Å². The van der Waals surface area contributed by atoms with E-state index in [4.69, 9.17) is 9.72 Å². The van der Waals surface area contributed by atoms with Gasteiger partial charge in [0, 0.05) is 17.6 Å². The molecule has 0 radical (unpaired) electrons. The largest absolute Gasteiger partial charge is 0.478 e. The first-order valence-corrected chi connectivity index (χ1v) is 14.5. The summed E-state index contributed by atoms with van der Waals surface area (Å²) in [5.41, 5.74) is 4.84. The highest BCUT2D eigenvalue weighted by Gasteiger charge is 2.32. The van der Waals surface area contributed by atoms with Gasteiger partial charge in [-0.1, -0.05) is 63.2 Å². The van der Waals surface area contributed by atoms with Gasteiger partial charge in [-0.25, -0.2) is 4.79 Å². The molecular formula is C31H39N3O4S. The first-order chi connectivity index (χ1) is 18.8. The molecule has 2 aromatic carbocycles. The molecule has 1 amide bonds. The summed E-state index contributed by atoms with van der Waals surface area (Å²) < 4.78 is 8.17. The Morgan fingerprint density at radius 1 is 1.15 bits per heavy atom. The molecule has 1 aliphatic rings. The average molecular weight is 550 g/mol. The number of rotatable bonds is 14. The molecule has 1 fully saturated rings. The van der Waals surface area contributed by atoms with Crippen molar-refractivity contribution >= 4 is 24.5 Å². The smallest absolute Gasteiger partial charge is 0.336 e. The SMILES string of the molecule is CCCOc1nc(C2CC2)c(CNC(=O)[C@@H](CS)CC(C)C)n1Cc1ccc(-c2ccccc2C(=O)O)cc1. The number of carbonyl (C=O) groups excluding carboxylic acids is 1. The van der Waals surface area contributed by atoms with Crippen molar-refractivity contribution < 1.29 is 19.4 Å². The van der Waals surface area contributed by atoms with Crippen LogP contribution in [-0.4, -0.2) is 38.9 Å². The zero-order valence-electron chi connectivity index (χ0n) is 23.0. The Bertz CT molecular complexity index is 1280. The van der Waals surface area contributed by atoms with Crippen LogP contribution in [0.5, 0.6) is 6.01 Å². The maximum atomic E-state index is 13.0. The first-order valence-electron chi connectivity index (χ1n) is 13.8. The standard InChI is InChI=1S/C31H39N3O4S/c1-4-15-38-31-33-28(23-13-14-23)27(17-32-29(35)24(19-39)16-20(2)3)34(31)18-21-9-11-22(12-10-21)25-7-5-6-8-26(25)30(36)37/h5-12,20,23-24,39H,4,13-19H2,1-3H3,(H,32,35)(H,36,37)/t24-/m1/s1. The summed E-state index contributed by atoms with van der Waals surface area (Å²) in [5, 5.41) is 12.7. The Balaban J connectivity index is 1.61. The molecule has 1 atom stereocenters. The normalized spacial score (nSPS) is 13.9. The number of nitrogens with zero attached hydrogens (tertiary/aromatic N) is 2. The number of thiol groups is 1. The van der Waals surface area contributed by atoms with Crippen molar-refractivity contribution in [1.29, 1.82) is 0 Å². The zero-order valence-corrected chi connectivity index (χ0v) is 23.9. The van der Waals surface area contributed by atoms with E-state index in [1.807, 2.05) is 36.4 Å². The summed E-state index contributed by atoms with van der Waals surface area (Å²) in [5.74, 6) is 0.268. The third-order valence-corrected chi connectivity index (χ3v) is 7.45. The molecule has 0 unspecified atom stereocenters. The lowest BCUT2D eigenvalue weighted by Gasteiger charge is -2.18. The predicted molar refractivity (Wildman–Crippen MR) is 157 cm³/mol. The highest BCUT2D eigenvalue weighted by atomic mass is 32.1. The molecule has 8 heteroatoms. The van der Waals surface area contributed by atoms with Gasteiger partial charge in [0.2, 0.25) is 5.91 Å². The lowest BCUT2D eigenvalue weighted by Crippen LogP contribution is -2.33. The number of benzene rings is 2. The number of imidazole rings is 1. The van der Waals surface area contributed by atoms with Crippen molar-refractivity contribution in [2.75, 3.05) is 12.4 Å². The van der Waals surface area contributed by atoms with Gasteiger partial charge in [0.05, 0.1) is 36.6 Å². The number of aromatic nitrogens is 2. The van der Waals surface area contributed by atoms with Gasteiger partial charge in [-0.3, -0.25) is 9.36 Å². The molecular weight excluding hydrogens is 510 g/mol.